The SMILES string of the molecule is COc1ccc([N+](=O)[O-])cc1COc1ccc(Br)cc1/C=N/N=C(N)N. The Bertz CT molecular complexity index is 866. The first kappa shape index (κ1) is 19.2. The van der Waals surface area contributed by atoms with Gasteiger partial charge in [-0.05, 0) is 24.3 Å². The molecule has 0 spiro atoms. The largest absolute Gasteiger partial charge is 0.496 e. The Hall–Kier alpha value is -3.14. The van der Waals surface area contributed by atoms with E-state index in [1.165, 1.54) is 31.5 Å². The molecule has 0 saturated heterocycles. The summed E-state index contributed by atoms with van der Waals surface area (Å²) in [6.07, 6.45) is 1.44. The summed E-state index contributed by atoms with van der Waals surface area (Å²) < 4.78 is 11.8. The molecule has 2 aromatic rings. The van der Waals surface area contributed by atoms with E-state index >= 15 is 0 Å². The van der Waals surface area contributed by atoms with Crippen molar-refractivity contribution in [2.24, 2.45) is 21.7 Å². The van der Waals surface area contributed by atoms with Gasteiger partial charge in [-0.15, -0.1) is 5.10 Å². The maximum absolute atomic E-state index is 11.0. The van der Waals surface area contributed by atoms with Crippen LogP contribution in [0.5, 0.6) is 11.5 Å². The molecular formula is C16H16BrN5O4. The maximum atomic E-state index is 11.0. The van der Waals surface area contributed by atoms with Crippen LogP contribution in [0.4, 0.5) is 5.69 Å². The molecule has 10 heteroatoms. The van der Waals surface area contributed by atoms with Crippen molar-refractivity contribution >= 4 is 33.8 Å². The van der Waals surface area contributed by atoms with Crippen LogP contribution in [-0.2, 0) is 6.61 Å². The molecule has 0 bridgehead atoms. The van der Waals surface area contributed by atoms with Crippen LogP contribution < -0.4 is 20.9 Å². The summed E-state index contributed by atoms with van der Waals surface area (Å²) in [5, 5.41) is 18.3. The monoisotopic (exact) mass is 421 g/mol. The van der Waals surface area contributed by atoms with E-state index in [4.69, 9.17) is 20.9 Å². The standard InChI is InChI=1S/C16H16BrN5O4/c1-25-14-5-3-13(22(23)24)7-11(14)9-26-15-4-2-12(17)6-10(15)8-20-21-16(18)19/h2-8H,9H2,1H3,(H4,18,19,21)/b20-8+. The summed E-state index contributed by atoms with van der Waals surface area (Å²) in [7, 11) is 1.48. The molecule has 0 aromatic heterocycles. The summed E-state index contributed by atoms with van der Waals surface area (Å²) >= 11 is 3.36. The van der Waals surface area contributed by atoms with Gasteiger partial charge in [-0.25, -0.2) is 0 Å². The van der Waals surface area contributed by atoms with E-state index in [9.17, 15) is 10.1 Å². The zero-order valence-electron chi connectivity index (χ0n) is 13.8. The number of non-ortho nitro benzene ring substituents is 1. The van der Waals surface area contributed by atoms with Gasteiger partial charge in [0, 0.05) is 27.7 Å². The highest BCUT2D eigenvalue weighted by atomic mass is 79.9. The summed E-state index contributed by atoms with van der Waals surface area (Å²) in [6.45, 7) is 0.0651. The Morgan fingerprint density at radius 3 is 2.65 bits per heavy atom. The average Bonchev–Trinajstić information content (AvgIpc) is 2.60. The summed E-state index contributed by atoms with van der Waals surface area (Å²) in [5.74, 6) is 0.819. The predicted molar refractivity (Wildman–Crippen MR) is 102 cm³/mol. The molecule has 0 aliphatic carbocycles. The molecule has 0 saturated carbocycles. The number of benzene rings is 2. The lowest BCUT2D eigenvalue weighted by Crippen LogP contribution is -2.21. The first-order valence-corrected chi connectivity index (χ1v) is 8.05. The molecule has 0 fully saturated rings. The van der Waals surface area contributed by atoms with Crippen molar-refractivity contribution in [1.29, 1.82) is 0 Å². The van der Waals surface area contributed by atoms with Gasteiger partial charge in [-0.3, -0.25) is 10.1 Å². The van der Waals surface area contributed by atoms with Crippen LogP contribution in [0.1, 0.15) is 11.1 Å². The summed E-state index contributed by atoms with van der Waals surface area (Å²) in [4.78, 5) is 10.5. The second kappa shape index (κ2) is 8.81. The van der Waals surface area contributed by atoms with Crippen LogP contribution in [0.15, 0.2) is 51.1 Å². The molecule has 0 heterocycles. The predicted octanol–water partition coefficient (Wildman–Crippen LogP) is 2.55. The Morgan fingerprint density at radius 1 is 1.27 bits per heavy atom. The number of ether oxygens (including phenoxy) is 2. The number of hydrogen-bond acceptors (Lipinski definition) is 6. The van der Waals surface area contributed by atoms with E-state index in [-0.39, 0.29) is 18.3 Å². The van der Waals surface area contributed by atoms with Crippen LogP contribution >= 0.6 is 15.9 Å². The fourth-order valence-corrected chi connectivity index (χ4v) is 2.44. The van der Waals surface area contributed by atoms with Crippen molar-refractivity contribution in [3.05, 3.63) is 62.1 Å². The van der Waals surface area contributed by atoms with E-state index in [0.29, 0.717) is 22.6 Å². The van der Waals surface area contributed by atoms with Gasteiger partial charge in [-0.1, -0.05) is 15.9 Å². The van der Waals surface area contributed by atoms with Crippen molar-refractivity contribution in [2.45, 2.75) is 6.61 Å². The van der Waals surface area contributed by atoms with Gasteiger partial charge in [0.05, 0.1) is 18.2 Å². The van der Waals surface area contributed by atoms with E-state index < -0.39 is 4.92 Å². The molecule has 0 aliphatic rings. The van der Waals surface area contributed by atoms with Crippen LogP contribution in [0, 0.1) is 10.1 Å². The fourth-order valence-electron chi connectivity index (χ4n) is 2.06. The van der Waals surface area contributed by atoms with Gasteiger partial charge in [0.15, 0.2) is 0 Å². The fraction of sp³-hybridized carbons (Fsp3) is 0.125. The Kier molecular flexibility index (Phi) is 6.50. The summed E-state index contributed by atoms with van der Waals surface area (Å²) in [5.41, 5.74) is 11.6. The third kappa shape index (κ3) is 5.18. The van der Waals surface area contributed by atoms with E-state index in [1.54, 1.807) is 18.2 Å². The number of hydrogen-bond donors (Lipinski definition) is 2. The van der Waals surface area contributed by atoms with Crippen molar-refractivity contribution < 1.29 is 14.4 Å². The Balaban J connectivity index is 2.27. The molecule has 26 heavy (non-hydrogen) atoms. The third-order valence-electron chi connectivity index (χ3n) is 3.20. The third-order valence-corrected chi connectivity index (χ3v) is 3.69. The number of nitro benzene ring substituents is 1. The van der Waals surface area contributed by atoms with Gasteiger partial charge in [0.2, 0.25) is 5.96 Å². The number of nitro groups is 1. The van der Waals surface area contributed by atoms with Crippen molar-refractivity contribution in [3.63, 3.8) is 0 Å². The minimum atomic E-state index is -0.476. The topological polar surface area (TPSA) is 138 Å². The minimum absolute atomic E-state index is 0.0465. The second-order valence-electron chi connectivity index (χ2n) is 4.99. The summed E-state index contributed by atoms with van der Waals surface area (Å²) in [6, 6.07) is 9.59. The quantitative estimate of drug-likeness (QED) is 0.304. The Morgan fingerprint density at radius 2 is 2.00 bits per heavy atom. The molecule has 0 aliphatic heterocycles. The Labute approximate surface area is 157 Å². The zero-order chi connectivity index (χ0) is 19.1. The van der Waals surface area contributed by atoms with Gasteiger partial charge >= 0.3 is 0 Å². The molecule has 0 amide bonds. The van der Waals surface area contributed by atoms with Gasteiger partial charge in [0.25, 0.3) is 5.69 Å². The lowest BCUT2D eigenvalue weighted by atomic mass is 10.2. The van der Waals surface area contributed by atoms with Crippen LogP contribution in [-0.4, -0.2) is 24.2 Å². The molecule has 0 atom stereocenters. The number of methoxy groups -OCH3 is 1. The maximum Gasteiger partial charge on any atom is 0.270 e. The van der Waals surface area contributed by atoms with E-state index in [2.05, 4.69) is 26.1 Å². The van der Waals surface area contributed by atoms with Gasteiger partial charge in [0.1, 0.15) is 18.1 Å². The molecular weight excluding hydrogens is 406 g/mol. The first-order chi connectivity index (χ1) is 12.4. The lowest BCUT2D eigenvalue weighted by molar-refractivity contribution is -0.385. The van der Waals surface area contributed by atoms with Crippen molar-refractivity contribution in [3.8, 4) is 11.5 Å². The number of rotatable bonds is 7. The van der Waals surface area contributed by atoms with Crippen LogP contribution in [0.25, 0.3) is 0 Å². The van der Waals surface area contributed by atoms with E-state index in [1.807, 2.05) is 0 Å². The molecule has 0 radical (unpaired) electrons. The number of nitrogens with two attached hydrogens (primary N) is 2. The average molecular weight is 422 g/mol. The molecule has 0 unspecified atom stereocenters. The first-order valence-electron chi connectivity index (χ1n) is 7.26. The smallest absolute Gasteiger partial charge is 0.270 e. The molecule has 2 aromatic carbocycles. The van der Waals surface area contributed by atoms with Gasteiger partial charge < -0.3 is 20.9 Å². The number of guanidine groups is 1. The minimum Gasteiger partial charge on any atom is -0.496 e. The van der Waals surface area contributed by atoms with Crippen molar-refractivity contribution in [2.75, 3.05) is 7.11 Å². The highest BCUT2D eigenvalue weighted by Gasteiger charge is 2.13. The van der Waals surface area contributed by atoms with Crippen LogP contribution in [0.3, 0.4) is 0 Å². The van der Waals surface area contributed by atoms with E-state index in [0.717, 1.165) is 4.47 Å². The molecule has 2 rings (SSSR count). The second-order valence-corrected chi connectivity index (χ2v) is 5.91. The van der Waals surface area contributed by atoms with Crippen LogP contribution in [0.2, 0.25) is 0 Å². The highest BCUT2D eigenvalue weighted by molar-refractivity contribution is 9.10. The number of halogens is 1. The molecule has 136 valence electrons. The number of nitrogens with zero attached hydrogens (tertiary/aromatic N) is 3. The highest BCUT2D eigenvalue weighted by Crippen LogP contribution is 2.27. The molecule has 9 nitrogen and oxygen atoms in total. The lowest BCUT2D eigenvalue weighted by Gasteiger charge is -2.12. The normalized spacial score (nSPS) is 10.5. The molecule has 4 N–H and O–H groups in total. The van der Waals surface area contributed by atoms with Crippen molar-refractivity contribution in [1.82, 2.24) is 0 Å². The van der Waals surface area contributed by atoms with Gasteiger partial charge in [-0.2, -0.15) is 5.10 Å². The zero-order valence-corrected chi connectivity index (χ0v) is 15.3.